The third-order valence-corrected chi connectivity index (χ3v) is 10.9. The summed E-state index contributed by atoms with van der Waals surface area (Å²) in [6.45, 7) is 9.62. The summed E-state index contributed by atoms with van der Waals surface area (Å²) in [6.07, 6.45) is 4.92. The number of alkyl carbamates (subject to hydrolysis) is 1. The maximum Gasteiger partial charge on any atom is 0.407 e. The van der Waals surface area contributed by atoms with Crippen molar-refractivity contribution in [3.63, 3.8) is 0 Å². The molecule has 7 rings (SSSR count). The summed E-state index contributed by atoms with van der Waals surface area (Å²) in [5.41, 5.74) is 6.02. The number of carbonyl (C=O) groups is 2. The zero-order chi connectivity index (χ0) is 36.6. The van der Waals surface area contributed by atoms with E-state index in [2.05, 4.69) is 20.3 Å². The highest BCUT2D eigenvalue weighted by Crippen LogP contribution is 2.37. The molecular formula is C39H45N7O5S. The number of benzene rings is 1. The van der Waals surface area contributed by atoms with E-state index in [0.29, 0.717) is 41.8 Å². The van der Waals surface area contributed by atoms with Crippen LogP contribution in [-0.2, 0) is 28.9 Å². The van der Waals surface area contributed by atoms with E-state index in [1.165, 1.54) is 0 Å². The molecule has 272 valence electrons. The molecule has 1 aromatic carbocycles. The first kappa shape index (κ1) is 35.4. The summed E-state index contributed by atoms with van der Waals surface area (Å²) < 4.78 is 31.8. The van der Waals surface area contributed by atoms with Gasteiger partial charge in [-0.1, -0.05) is 30.3 Å². The summed E-state index contributed by atoms with van der Waals surface area (Å²) in [5, 5.41) is 3.91. The van der Waals surface area contributed by atoms with E-state index in [1.54, 1.807) is 24.3 Å². The van der Waals surface area contributed by atoms with Crippen LogP contribution in [0.2, 0.25) is 0 Å². The van der Waals surface area contributed by atoms with Crippen LogP contribution >= 0.6 is 0 Å². The number of nitrogens with one attached hydrogen (secondary N) is 1. The SMILES string of the molecule is COc1cc(C(=O)N2CCC[C@@H](NC(=O)OCc3ccccc3)C2)cc2nc(-c3cc4ccc(/C=N/[S@](=O)C(C)(C)C)nc4n3CC3CC3)c(C)n12. The number of aromatic nitrogens is 4. The molecule has 2 atom stereocenters. The lowest BCUT2D eigenvalue weighted by molar-refractivity contribution is 0.0682. The van der Waals surface area contributed by atoms with Crippen LogP contribution in [0.1, 0.15) is 73.8 Å². The van der Waals surface area contributed by atoms with Crippen LogP contribution < -0.4 is 10.1 Å². The van der Waals surface area contributed by atoms with Gasteiger partial charge in [0.1, 0.15) is 34.6 Å². The van der Waals surface area contributed by atoms with Gasteiger partial charge < -0.3 is 24.3 Å². The van der Waals surface area contributed by atoms with E-state index < -0.39 is 21.8 Å². The third kappa shape index (κ3) is 7.59. The molecule has 1 saturated carbocycles. The number of methoxy groups -OCH3 is 1. The van der Waals surface area contributed by atoms with Gasteiger partial charge in [-0.3, -0.25) is 9.20 Å². The normalized spacial score (nSPS) is 17.2. The molecule has 13 heteroatoms. The molecule has 1 saturated heterocycles. The van der Waals surface area contributed by atoms with Gasteiger partial charge in [-0.25, -0.2) is 19.0 Å². The molecule has 5 heterocycles. The fraction of sp³-hybridized carbons (Fsp3) is 0.410. The summed E-state index contributed by atoms with van der Waals surface area (Å²) in [4.78, 5) is 38.3. The molecule has 0 radical (unpaired) electrons. The van der Waals surface area contributed by atoms with Crippen molar-refractivity contribution in [2.75, 3.05) is 20.2 Å². The minimum atomic E-state index is -1.39. The number of amides is 2. The quantitative estimate of drug-likeness (QED) is 0.163. The molecule has 1 aliphatic heterocycles. The number of hydrogen-bond acceptors (Lipinski definition) is 7. The van der Waals surface area contributed by atoms with E-state index >= 15 is 0 Å². The van der Waals surface area contributed by atoms with Gasteiger partial charge in [0.05, 0.1) is 35.2 Å². The monoisotopic (exact) mass is 723 g/mol. The average Bonchev–Trinajstić information content (AvgIpc) is 3.81. The first-order valence-electron chi connectivity index (χ1n) is 17.8. The van der Waals surface area contributed by atoms with Crippen LogP contribution in [0.25, 0.3) is 28.1 Å². The summed E-state index contributed by atoms with van der Waals surface area (Å²) in [6, 6.07) is 18.9. The van der Waals surface area contributed by atoms with Gasteiger partial charge in [0.2, 0.25) is 0 Å². The minimum Gasteiger partial charge on any atom is -0.482 e. The highest BCUT2D eigenvalue weighted by Gasteiger charge is 2.29. The van der Waals surface area contributed by atoms with E-state index in [9.17, 15) is 13.8 Å². The van der Waals surface area contributed by atoms with Gasteiger partial charge in [0.15, 0.2) is 5.88 Å². The van der Waals surface area contributed by atoms with Gasteiger partial charge in [0.25, 0.3) is 5.91 Å². The summed E-state index contributed by atoms with van der Waals surface area (Å²) in [7, 11) is 0.206. The average molecular weight is 724 g/mol. The van der Waals surface area contributed by atoms with Crippen molar-refractivity contribution in [2.24, 2.45) is 10.3 Å². The molecule has 52 heavy (non-hydrogen) atoms. The second-order valence-electron chi connectivity index (χ2n) is 14.7. The Hall–Kier alpha value is -5.04. The molecule has 5 aromatic rings. The second-order valence-corrected chi connectivity index (χ2v) is 16.6. The van der Waals surface area contributed by atoms with Crippen LogP contribution in [0, 0.1) is 12.8 Å². The summed E-state index contributed by atoms with van der Waals surface area (Å²) in [5.74, 6) is 0.911. The fourth-order valence-corrected chi connectivity index (χ4v) is 7.12. The van der Waals surface area contributed by atoms with Crippen molar-refractivity contribution < 1.29 is 23.3 Å². The molecule has 2 amide bonds. The Labute approximate surface area is 305 Å². The van der Waals surface area contributed by atoms with E-state index in [-0.39, 0.29) is 18.6 Å². The molecule has 1 N–H and O–H groups in total. The Bertz CT molecular complexity index is 2180. The number of carbonyl (C=O) groups excluding carboxylic acids is 2. The van der Waals surface area contributed by atoms with Crippen LogP contribution in [-0.4, -0.2) is 77.2 Å². The van der Waals surface area contributed by atoms with Crippen molar-refractivity contribution >= 4 is 45.9 Å². The molecule has 12 nitrogen and oxygen atoms in total. The van der Waals surface area contributed by atoms with Crippen LogP contribution in [0.5, 0.6) is 5.88 Å². The number of ether oxygens (including phenoxy) is 2. The van der Waals surface area contributed by atoms with Gasteiger partial charge in [-0.15, -0.1) is 0 Å². The molecule has 2 fully saturated rings. The zero-order valence-corrected chi connectivity index (χ0v) is 31.1. The van der Waals surface area contributed by atoms with Gasteiger partial charge in [0, 0.05) is 42.7 Å². The predicted molar refractivity (Wildman–Crippen MR) is 202 cm³/mol. The fourth-order valence-electron chi connectivity index (χ4n) is 6.60. The number of imidazole rings is 1. The Balaban J connectivity index is 1.15. The van der Waals surface area contributed by atoms with Crippen LogP contribution in [0.3, 0.4) is 0 Å². The van der Waals surface area contributed by atoms with E-state index in [4.69, 9.17) is 19.4 Å². The molecular weight excluding hydrogens is 679 g/mol. The number of rotatable bonds is 10. The number of nitrogens with zero attached hydrogens (tertiary/aromatic N) is 6. The van der Waals surface area contributed by atoms with Crippen molar-refractivity contribution in [1.82, 2.24) is 29.2 Å². The third-order valence-electron chi connectivity index (χ3n) is 9.57. The first-order chi connectivity index (χ1) is 25.0. The van der Waals surface area contributed by atoms with Crippen molar-refractivity contribution in [3.05, 3.63) is 83.2 Å². The van der Waals surface area contributed by atoms with Crippen molar-refractivity contribution in [3.8, 4) is 17.3 Å². The highest BCUT2D eigenvalue weighted by molar-refractivity contribution is 7.85. The number of pyridine rings is 2. The number of likely N-dealkylation sites (tertiary alicyclic amines) is 1. The number of aryl methyl sites for hydroxylation is 1. The largest absolute Gasteiger partial charge is 0.482 e. The predicted octanol–water partition coefficient (Wildman–Crippen LogP) is 6.49. The number of fused-ring (bicyclic) bond motifs is 2. The Morgan fingerprint density at radius 1 is 1.06 bits per heavy atom. The Morgan fingerprint density at radius 3 is 2.58 bits per heavy atom. The maximum atomic E-state index is 13.9. The van der Waals surface area contributed by atoms with Gasteiger partial charge in [-0.2, -0.15) is 4.40 Å². The lowest BCUT2D eigenvalue weighted by Gasteiger charge is -2.33. The molecule has 2 aliphatic rings. The maximum absolute atomic E-state index is 13.9. The lowest BCUT2D eigenvalue weighted by Crippen LogP contribution is -2.49. The molecule has 0 unspecified atom stereocenters. The molecule has 0 spiro atoms. The van der Waals surface area contributed by atoms with Crippen molar-refractivity contribution in [1.29, 1.82) is 0 Å². The Kier molecular flexibility index (Phi) is 9.88. The minimum absolute atomic E-state index is 0.152. The topological polar surface area (TPSA) is 132 Å². The zero-order valence-electron chi connectivity index (χ0n) is 30.3. The smallest absolute Gasteiger partial charge is 0.407 e. The highest BCUT2D eigenvalue weighted by atomic mass is 32.2. The van der Waals surface area contributed by atoms with Crippen molar-refractivity contribution in [2.45, 2.75) is 77.3 Å². The first-order valence-corrected chi connectivity index (χ1v) is 18.9. The van der Waals surface area contributed by atoms with Gasteiger partial charge in [-0.05, 0) is 89.1 Å². The number of piperidine rings is 1. The van der Waals surface area contributed by atoms with Crippen LogP contribution in [0.4, 0.5) is 4.79 Å². The molecule has 4 aromatic heterocycles. The van der Waals surface area contributed by atoms with E-state index in [1.807, 2.05) is 80.6 Å². The standard InChI is InChI=1S/C39H45N7O5S/c1-25-35(32-18-28-15-16-30(21-40-52(49)39(2,3)4)41-36(28)45(32)22-26-13-14-26)43-33-19-29(20-34(50-5)46(25)33)37(47)44-17-9-12-31(23-44)42-38(48)51-24-27-10-7-6-8-11-27/h6-8,10-11,15-16,18-21,26,31H,9,12-14,17,22-24H2,1-5H3,(H,42,48)/b40-21+/t31-,52-/m1/s1. The Morgan fingerprint density at radius 2 is 1.85 bits per heavy atom. The van der Waals surface area contributed by atoms with Crippen LogP contribution in [0.15, 0.2) is 65.1 Å². The van der Waals surface area contributed by atoms with E-state index in [0.717, 1.165) is 65.9 Å². The lowest BCUT2D eigenvalue weighted by atomic mass is 10.0. The van der Waals surface area contributed by atoms with Gasteiger partial charge >= 0.3 is 6.09 Å². The summed E-state index contributed by atoms with van der Waals surface area (Å²) >= 11 is 0. The molecule has 1 aliphatic carbocycles. The number of hydrogen-bond donors (Lipinski definition) is 1. The second kappa shape index (κ2) is 14.5. The molecule has 0 bridgehead atoms.